The van der Waals surface area contributed by atoms with Crippen molar-refractivity contribution in [1.82, 2.24) is 15.1 Å². The maximum absolute atomic E-state index is 5.95. The summed E-state index contributed by atoms with van der Waals surface area (Å²) in [5, 5.41) is 3.56. The minimum atomic E-state index is 0.392. The molecular weight excluding hydrogens is 340 g/mol. The molecule has 0 amide bonds. The molecule has 27 heavy (non-hydrogen) atoms. The van der Waals surface area contributed by atoms with E-state index >= 15 is 0 Å². The fraction of sp³-hybridized carbons (Fsp3) is 0.952. The third-order valence-corrected chi connectivity index (χ3v) is 5.86. The molecule has 0 spiro atoms. The zero-order valence-corrected chi connectivity index (χ0v) is 17.9. The van der Waals surface area contributed by atoms with E-state index < -0.39 is 0 Å². The first-order valence-electron chi connectivity index (χ1n) is 11.0. The Morgan fingerprint density at radius 2 is 1.74 bits per heavy atom. The molecule has 2 heterocycles. The highest BCUT2D eigenvalue weighted by molar-refractivity contribution is 5.79. The highest BCUT2D eigenvalue weighted by atomic mass is 16.5. The van der Waals surface area contributed by atoms with E-state index in [0.717, 1.165) is 64.0 Å². The number of hydrogen-bond acceptors (Lipinski definition) is 4. The SMILES string of the molecule is CN=C(NCCCCN1CCC(C)CC1)N1CCC(OCCCOC)CC1. The molecule has 6 heteroatoms. The second-order valence-corrected chi connectivity index (χ2v) is 8.11. The number of unbranched alkanes of at least 4 members (excludes halogenated alkanes) is 1. The number of piperidine rings is 2. The molecular formula is C21H42N4O2. The van der Waals surface area contributed by atoms with E-state index in [2.05, 4.69) is 27.0 Å². The lowest BCUT2D eigenvalue weighted by Gasteiger charge is -2.34. The summed E-state index contributed by atoms with van der Waals surface area (Å²) in [7, 11) is 3.63. The molecule has 0 saturated carbocycles. The zero-order valence-electron chi connectivity index (χ0n) is 17.9. The lowest BCUT2D eigenvalue weighted by molar-refractivity contribution is 0.00991. The van der Waals surface area contributed by atoms with Gasteiger partial charge in [0.1, 0.15) is 0 Å². The van der Waals surface area contributed by atoms with Crippen molar-refractivity contribution in [3.05, 3.63) is 0 Å². The van der Waals surface area contributed by atoms with Crippen LogP contribution in [0, 0.1) is 5.92 Å². The first kappa shape index (κ1) is 22.4. The highest BCUT2D eigenvalue weighted by Gasteiger charge is 2.21. The first-order valence-corrected chi connectivity index (χ1v) is 11.0. The number of hydrogen-bond donors (Lipinski definition) is 1. The van der Waals surface area contributed by atoms with Gasteiger partial charge in [0.15, 0.2) is 5.96 Å². The Kier molecular flexibility index (Phi) is 11.1. The number of ether oxygens (including phenoxy) is 2. The van der Waals surface area contributed by atoms with Gasteiger partial charge >= 0.3 is 0 Å². The molecule has 0 aliphatic carbocycles. The molecule has 1 N–H and O–H groups in total. The van der Waals surface area contributed by atoms with Crippen molar-refractivity contribution >= 4 is 5.96 Å². The second-order valence-electron chi connectivity index (χ2n) is 8.11. The number of likely N-dealkylation sites (tertiary alicyclic amines) is 2. The molecule has 0 aromatic carbocycles. The molecule has 2 fully saturated rings. The van der Waals surface area contributed by atoms with E-state index in [1.807, 2.05) is 7.05 Å². The van der Waals surface area contributed by atoms with E-state index in [1.165, 1.54) is 45.3 Å². The molecule has 6 nitrogen and oxygen atoms in total. The smallest absolute Gasteiger partial charge is 0.193 e. The monoisotopic (exact) mass is 382 g/mol. The zero-order chi connectivity index (χ0) is 19.3. The van der Waals surface area contributed by atoms with Crippen LogP contribution in [0.15, 0.2) is 4.99 Å². The van der Waals surface area contributed by atoms with E-state index in [0.29, 0.717) is 6.10 Å². The van der Waals surface area contributed by atoms with Crippen molar-refractivity contribution in [3.63, 3.8) is 0 Å². The largest absolute Gasteiger partial charge is 0.385 e. The quantitative estimate of drug-likeness (QED) is 0.358. The number of nitrogens with one attached hydrogen (secondary N) is 1. The Balaban J connectivity index is 1.53. The Bertz CT molecular complexity index is 403. The average Bonchev–Trinajstić information content (AvgIpc) is 2.70. The van der Waals surface area contributed by atoms with Crippen LogP contribution < -0.4 is 5.32 Å². The third-order valence-electron chi connectivity index (χ3n) is 5.86. The van der Waals surface area contributed by atoms with Gasteiger partial charge in [-0.05, 0) is 70.5 Å². The Morgan fingerprint density at radius 3 is 2.41 bits per heavy atom. The molecule has 0 aromatic rings. The molecule has 0 bridgehead atoms. The van der Waals surface area contributed by atoms with Crippen LogP contribution in [0.3, 0.4) is 0 Å². The number of rotatable bonds is 10. The van der Waals surface area contributed by atoms with Gasteiger partial charge in [-0.15, -0.1) is 0 Å². The molecule has 0 atom stereocenters. The van der Waals surface area contributed by atoms with Gasteiger partial charge in [-0.2, -0.15) is 0 Å². The molecule has 2 aliphatic heterocycles. The molecule has 0 unspecified atom stereocenters. The molecule has 2 saturated heterocycles. The van der Waals surface area contributed by atoms with E-state index in [4.69, 9.17) is 9.47 Å². The normalized spacial score (nSPS) is 21.0. The molecule has 0 radical (unpaired) electrons. The van der Waals surface area contributed by atoms with E-state index in [1.54, 1.807) is 7.11 Å². The first-order chi connectivity index (χ1) is 13.2. The summed E-state index contributed by atoms with van der Waals surface area (Å²) in [5.74, 6) is 1.98. The van der Waals surface area contributed by atoms with Gasteiger partial charge in [0.05, 0.1) is 6.10 Å². The van der Waals surface area contributed by atoms with Gasteiger partial charge < -0.3 is 24.6 Å². The van der Waals surface area contributed by atoms with Crippen LogP contribution in [0.2, 0.25) is 0 Å². The Morgan fingerprint density at radius 1 is 1.00 bits per heavy atom. The van der Waals surface area contributed by atoms with Crippen molar-refractivity contribution in [2.45, 2.75) is 58.0 Å². The predicted octanol–water partition coefficient (Wildman–Crippen LogP) is 2.59. The maximum atomic E-state index is 5.95. The van der Waals surface area contributed by atoms with Crippen molar-refractivity contribution < 1.29 is 9.47 Å². The minimum absolute atomic E-state index is 0.392. The van der Waals surface area contributed by atoms with Crippen LogP contribution in [0.25, 0.3) is 0 Å². The lowest BCUT2D eigenvalue weighted by Crippen LogP contribution is -2.47. The summed E-state index contributed by atoms with van der Waals surface area (Å²) in [6.45, 7) is 10.9. The van der Waals surface area contributed by atoms with Crippen molar-refractivity contribution in [2.24, 2.45) is 10.9 Å². The van der Waals surface area contributed by atoms with Crippen molar-refractivity contribution in [3.8, 4) is 0 Å². The predicted molar refractivity (Wildman–Crippen MR) is 112 cm³/mol. The van der Waals surface area contributed by atoms with Crippen LogP contribution in [0.1, 0.15) is 51.9 Å². The van der Waals surface area contributed by atoms with Gasteiger partial charge in [0.25, 0.3) is 0 Å². The maximum Gasteiger partial charge on any atom is 0.193 e. The Labute approximate surface area is 166 Å². The summed E-state index contributed by atoms with van der Waals surface area (Å²) in [6.07, 6.45) is 8.77. The van der Waals surface area contributed by atoms with Crippen LogP contribution in [0.4, 0.5) is 0 Å². The molecule has 2 aliphatic rings. The van der Waals surface area contributed by atoms with Crippen LogP contribution in [-0.2, 0) is 9.47 Å². The summed E-state index contributed by atoms with van der Waals surface area (Å²) >= 11 is 0. The van der Waals surface area contributed by atoms with Gasteiger partial charge in [0, 0.05) is 47.0 Å². The standard InChI is InChI=1S/C21H42N4O2/c1-19-7-13-24(14-8-19)12-5-4-11-23-21(22-2)25-15-9-20(10-16-25)27-18-6-17-26-3/h19-20H,4-18H2,1-3H3,(H,22,23). The summed E-state index contributed by atoms with van der Waals surface area (Å²) < 4.78 is 11.0. The van der Waals surface area contributed by atoms with Gasteiger partial charge in [-0.25, -0.2) is 0 Å². The van der Waals surface area contributed by atoms with Gasteiger partial charge in [-0.1, -0.05) is 6.92 Å². The molecule has 158 valence electrons. The highest BCUT2D eigenvalue weighted by Crippen LogP contribution is 2.16. The van der Waals surface area contributed by atoms with Gasteiger partial charge in [-0.3, -0.25) is 4.99 Å². The summed E-state index contributed by atoms with van der Waals surface area (Å²) in [6, 6.07) is 0. The van der Waals surface area contributed by atoms with Crippen LogP contribution >= 0.6 is 0 Å². The minimum Gasteiger partial charge on any atom is -0.385 e. The Hall–Kier alpha value is -0.850. The fourth-order valence-electron chi connectivity index (χ4n) is 3.97. The lowest BCUT2D eigenvalue weighted by atomic mass is 9.99. The van der Waals surface area contributed by atoms with Gasteiger partial charge in [0.2, 0.25) is 0 Å². The number of aliphatic imine (C=N–C) groups is 1. The van der Waals surface area contributed by atoms with E-state index in [9.17, 15) is 0 Å². The topological polar surface area (TPSA) is 49.3 Å². The van der Waals surface area contributed by atoms with Crippen LogP contribution in [0.5, 0.6) is 0 Å². The summed E-state index contributed by atoms with van der Waals surface area (Å²) in [5.41, 5.74) is 0. The van der Waals surface area contributed by atoms with Crippen molar-refractivity contribution in [2.75, 3.05) is 66.6 Å². The summed E-state index contributed by atoms with van der Waals surface area (Å²) in [4.78, 5) is 9.49. The number of methoxy groups -OCH3 is 1. The molecule has 0 aromatic heterocycles. The molecule has 2 rings (SSSR count). The third kappa shape index (κ3) is 8.79. The average molecular weight is 383 g/mol. The second kappa shape index (κ2) is 13.3. The number of guanidine groups is 1. The van der Waals surface area contributed by atoms with Crippen LogP contribution in [-0.4, -0.2) is 88.5 Å². The van der Waals surface area contributed by atoms with E-state index in [-0.39, 0.29) is 0 Å². The number of nitrogens with zero attached hydrogens (tertiary/aromatic N) is 3. The fourth-order valence-corrected chi connectivity index (χ4v) is 3.97. The van der Waals surface area contributed by atoms with Crippen molar-refractivity contribution in [1.29, 1.82) is 0 Å².